The van der Waals surface area contributed by atoms with E-state index < -0.39 is 6.04 Å². The molecule has 2 heterocycles. The van der Waals surface area contributed by atoms with Gasteiger partial charge in [-0.3, -0.25) is 9.69 Å². The van der Waals surface area contributed by atoms with Crippen LogP contribution in [0.5, 0.6) is 0 Å². The first kappa shape index (κ1) is 26.5. The number of tetrazole rings is 1. The average Bonchev–Trinajstić information content (AvgIpc) is 3.42. The van der Waals surface area contributed by atoms with Gasteiger partial charge in [0.05, 0.1) is 18.7 Å². The van der Waals surface area contributed by atoms with E-state index in [2.05, 4.69) is 74.8 Å². The fourth-order valence-electron chi connectivity index (χ4n) is 5.07. The molecule has 0 aliphatic carbocycles. The molecule has 0 amide bonds. The second kappa shape index (κ2) is 12.1. The molecule has 0 bridgehead atoms. The van der Waals surface area contributed by atoms with Crippen LogP contribution in [0, 0.1) is 13.8 Å². The van der Waals surface area contributed by atoms with E-state index in [0.717, 1.165) is 34.0 Å². The van der Waals surface area contributed by atoms with Gasteiger partial charge < -0.3 is 9.72 Å². The molecule has 0 spiro atoms. The number of hydrogen-bond acceptors (Lipinski definition) is 6. The van der Waals surface area contributed by atoms with Crippen molar-refractivity contribution in [2.45, 2.75) is 39.4 Å². The molecule has 5 rings (SSSR count). The molecule has 3 aromatic carbocycles. The van der Waals surface area contributed by atoms with Gasteiger partial charge >= 0.3 is 0 Å². The molecule has 0 aliphatic rings. The van der Waals surface area contributed by atoms with Gasteiger partial charge in [-0.15, -0.1) is 5.10 Å². The summed E-state index contributed by atoms with van der Waals surface area (Å²) in [6.45, 7) is 6.35. The quantitative estimate of drug-likeness (QED) is 0.273. The normalized spacial score (nSPS) is 12.3. The molecule has 0 saturated carbocycles. The minimum Gasteiger partial charge on any atom is -0.383 e. The van der Waals surface area contributed by atoms with Gasteiger partial charge in [0, 0.05) is 31.1 Å². The first-order valence-electron chi connectivity index (χ1n) is 13.2. The molecule has 0 unspecified atom stereocenters. The van der Waals surface area contributed by atoms with Gasteiger partial charge in [-0.1, -0.05) is 72.8 Å². The van der Waals surface area contributed by atoms with Crippen LogP contribution in [0.2, 0.25) is 0 Å². The maximum absolute atomic E-state index is 13.8. The summed E-state index contributed by atoms with van der Waals surface area (Å²) >= 11 is 0. The lowest BCUT2D eigenvalue weighted by molar-refractivity contribution is 0.172. The molecule has 0 saturated heterocycles. The molecule has 0 fully saturated rings. The van der Waals surface area contributed by atoms with Crippen LogP contribution in [-0.4, -0.2) is 50.4 Å². The number of hydrogen-bond donors (Lipinski definition) is 1. The van der Waals surface area contributed by atoms with Gasteiger partial charge in [0.15, 0.2) is 5.82 Å². The minimum atomic E-state index is -0.478. The number of methoxy groups -OCH3 is 1. The first-order chi connectivity index (χ1) is 19.0. The predicted octanol–water partition coefficient (Wildman–Crippen LogP) is 4.61. The lowest BCUT2D eigenvalue weighted by Crippen LogP contribution is -2.36. The number of pyridine rings is 1. The Hall–Kier alpha value is -4.14. The number of nitrogens with zero attached hydrogens (tertiary/aromatic N) is 5. The second-order valence-corrected chi connectivity index (χ2v) is 9.89. The van der Waals surface area contributed by atoms with Crippen LogP contribution in [-0.2, 0) is 24.2 Å². The molecule has 1 atom stereocenters. The van der Waals surface area contributed by atoms with Gasteiger partial charge in [-0.25, -0.2) is 4.68 Å². The van der Waals surface area contributed by atoms with Crippen molar-refractivity contribution in [2.75, 3.05) is 20.3 Å². The second-order valence-electron chi connectivity index (χ2n) is 9.89. The predicted molar refractivity (Wildman–Crippen MR) is 153 cm³/mol. The number of fused-ring (bicyclic) bond motifs is 1. The minimum absolute atomic E-state index is 0.139. The fraction of sp³-hybridized carbons (Fsp3) is 0.290. The zero-order valence-corrected chi connectivity index (χ0v) is 22.7. The molecule has 200 valence electrons. The molecule has 39 heavy (non-hydrogen) atoms. The van der Waals surface area contributed by atoms with Gasteiger partial charge in [0.2, 0.25) is 0 Å². The molecule has 0 aliphatic heterocycles. The fourth-order valence-corrected chi connectivity index (χ4v) is 5.07. The highest BCUT2D eigenvalue weighted by atomic mass is 16.5. The summed E-state index contributed by atoms with van der Waals surface area (Å²) in [6.07, 6.45) is 0.813. The maximum Gasteiger partial charge on any atom is 0.253 e. The topological polar surface area (TPSA) is 88.9 Å². The van der Waals surface area contributed by atoms with Crippen LogP contribution in [0.4, 0.5) is 0 Å². The summed E-state index contributed by atoms with van der Waals surface area (Å²) in [5.74, 6) is 0.617. The smallest absolute Gasteiger partial charge is 0.253 e. The van der Waals surface area contributed by atoms with Crippen molar-refractivity contribution in [2.24, 2.45) is 0 Å². The Morgan fingerprint density at radius 1 is 0.949 bits per heavy atom. The van der Waals surface area contributed by atoms with Crippen LogP contribution >= 0.6 is 0 Å². The van der Waals surface area contributed by atoms with Crippen molar-refractivity contribution in [1.82, 2.24) is 30.1 Å². The van der Waals surface area contributed by atoms with E-state index in [-0.39, 0.29) is 5.56 Å². The average molecular weight is 523 g/mol. The molecule has 8 heteroatoms. The molecule has 5 aromatic rings. The number of rotatable bonds is 11. The van der Waals surface area contributed by atoms with Crippen LogP contribution < -0.4 is 5.56 Å². The third-order valence-electron chi connectivity index (χ3n) is 7.20. The monoisotopic (exact) mass is 522 g/mol. The van der Waals surface area contributed by atoms with E-state index in [9.17, 15) is 4.79 Å². The summed E-state index contributed by atoms with van der Waals surface area (Å²) in [7, 11) is 1.65. The van der Waals surface area contributed by atoms with E-state index in [1.54, 1.807) is 11.8 Å². The van der Waals surface area contributed by atoms with Crippen LogP contribution in [0.25, 0.3) is 10.9 Å². The lowest BCUT2D eigenvalue weighted by atomic mass is 9.98. The van der Waals surface area contributed by atoms with E-state index in [1.807, 2.05) is 43.3 Å². The summed E-state index contributed by atoms with van der Waals surface area (Å²) < 4.78 is 7.08. The van der Waals surface area contributed by atoms with Crippen molar-refractivity contribution >= 4 is 10.9 Å². The SMILES string of the molecule is COCCn1nnnc1[C@@H](c1cc2c(C)ccc(C)c2[nH]c1=O)N(CCc1ccccc1)Cc1ccccc1. The zero-order chi connectivity index (χ0) is 27.2. The highest BCUT2D eigenvalue weighted by Crippen LogP contribution is 2.30. The highest BCUT2D eigenvalue weighted by Gasteiger charge is 2.31. The summed E-state index contributed by atoms with van der Waals surface area (Å²) in [5.41, 5.74) is 5.85. The number of ether oxygens (including phenoxy) is 1. The summed E-state index contributed by atoms with van der Waals surface area (Å²) in [6, 6.07) is 26.4. The molecule has 1 N–H and O–H groups in total. The number of nitrogens with one attached hydrogen (secondary N) is 1. The Balaban J connectivity index is 1.67. The van der Waals surface area contributed by atoms with Crippen LogP contribution in [0.3, 0.4) is 0 Å². The Morgan fingerprint density at radius 2 is 1.64 bits per heavy atom. The number of H-pyrrole nitrogens is 1. The van der Waals surface area contributed by atoms with Crippen LogP contribution in [0.1, 0.15) is 39.7 Å². The third-order valence-corrected chi connectivity index (χ3v) is 7.20. The maximum atomic E-state index is 13.8. The van der Waals surface area contributed by atoms with Gasteiger partial charge in [0.1, 0.15) is 6.04 Å². The summed E-state index contributed by atoms with van der Waals surface area (Å²) in [5, 5.41) is 13.8. The Morgan fingerprint density at radius 3 is 2.36 bits per heavy atom. The van der Waals surface area contributed by atoms with Gasteiger partial charge in [-0.2, -0.15) is 0 Å². The molecule has 0 radical (unpaired) electrons. The van der Waals surface area contributed by atoms with Crippen molar-refractivity contribution in [1.29, 1.82) is 0 Å². The molecule has 2 aromatic heterocycles. The van der Waals surface area contributed by atoms with Crippen molar-refractivity contribution in [3.8, 4) is 0 Å². The van der Waals surface area contributed by atoms with Crippen molar-refractivity contribution < 1.29 is 4.74 Å². The standard InChI is InChI=1S/C31H34N6O2/c1-22-14-15-23(2)28-26(22)20-27(31(38)32-28)29(30-33-34-35-37(30)18-19-39-3)36(21-25-12-8-5-9-13-25)17-16-24-10-6-4-7-11-24/h4-15,20,29H,16-19,21H2,1-3H3,(H,32,38)/t29-/m1/s1. The number of aryl methyl sites for hydroxylation is 2. The van der Waals surface area contributed by atoms with E-state index >= 15 is 0 Å². The highest BCUT2D eigenvalue weighted by molar-refractivity contribution is 5.85. The lowest BCUT2D eigenvalue weighted by Gasteiger charge is -2.31. The van der Waals surface area contributed by atoms with E-state index in [0.29, 0.717) is 37.6 Å². The zero-order valence-electron chi connectivity index (χ0n) is 22.7. The van der Waals surface area contributed by atoms with E-state index in [1.165, 1.54) is 5.56 Å². The first-order valence-corrected chi connectivity index (χ1v) is 13.2. The van der Waals surface area contributed by atoms with Crippen molar-refractivity contribution in [3.05, 3.63) is 123 Å². The number of aromatic amines is 1. The Bertz CT molecular complexity index is 1580. The molecule has 8 nitrogen and oxygen atoms in total. The Kier molecular flexibility index (Phi) is 8.24. The van der Waals surface area contributed by atoms with E-state index in [4.69, 9.17) is 4.74 Å². The molecular weight excluding hydrogens is 488 g/mol. The molecular formula is C31H34N6O2. The summed E-state index contributed by atoms with van der Waals surface area (Å²) in [4.78, 5) is 19.3. The van der Waals surface area contributed by atoms with Gasteiger partial charge in [-0.05, 0) is 59.0 Å². The third kappa shape index (κ3) is 5.97. The largest absolute Gasteiger partial charge is 0.383 e. The number of benzene rings is 3. The number of aromatic nitrogens is 5. The van der Waals surface area contributed by atoms with Gasteiger partial charge in [0.25, 0.3) is 5.56 Å². The Labute approximate surface area is 228 Å². The van der Waals surface area contributed by atoms with Crippen molar-refractivity contribution in [3.63, 3.8) is 0 Å². The van der Waals surface area contributed by atoms with Crippen LogP contribution in [0.15, 0.2) is 83.7 Å².